The van der Waals surface area contributed by atoms with Crippen molar-refractivity contribution in [2.75, 3.05) is 19.1 Å². The van der Waals surface area contributed by atoms with Gasteiger partial charge in [-0.25, -0.2) is 9.37 Å². The van der Waals surface area contributed by atoms with Crippen LogP contribution >= 0.6 is 8.38 Å². The van der Waals surface area contributed by atoms with Crippen molar-refractivity contribution in [3.63, 3.8) is 0 Å². The van der Waals surface area contributed by atoms with Crippen LogP contribution in [0.3, 0.4) is 0 Å². The summed E-state index contributed by atoms with van der Waals surface area (Å²) in [5.41, 5.74) is -2.80. The summed E-state index contributed by atoms with van der Waals surface area (Å²) < 4.78 is 85.4. The first-order chi connectivity index (χ1) is 15.8. The van der Waals surface area contributed by atoms with Crippen LogP contribution in [0.15, 0.2) is 30.5 Å². The van der Waals surface area contributed by atoms with E-state index < -0.39 is 61.4 Å². The van der Waals surface area contributed by atoms with Crippen molar-refractivity contribution in [1.29, 1.82) is 0 Å². The number of pyridine rings is 1. The molecule has 0 radical (unpaired) electrons. The Labute approximate surface area is 193 Å². The van der Waals surface area contributed by atoms with Gasteiger partial charge in [0, 0.05) is 42.0 Å². The molecule has 0 bridgehead atoms. The summed E-state index contributed by atoms with van der Waals surface area (Å²) in [6.45, 7) is 3.41. The molecule has 1 unspecified atom stereocenters. The molecule has 2 heterocycles. The summed E-state index contributed by atoms with van der Waals surface area (Å²) in [6, 6.07) is 4.45. The number of hydrogen-bond acceptors (Lipinski definition) is 6. The van der Waals surface area contributed by atoms with Gasteiger partial charge in [0.1, 0.15) is 6.10 Å². The molecule has 13 heteroatoms. The fraction of sp³-hybridized carbons (Fsp3) is 0.429. The Morgan fingerprint density at radius 1 is 1.29 bits per heavy atom. The molecule has 1 aromatic carbocycles. The molecule has 1 aliphatic heterocycles. The van der Waals surface area contributed by atoms with Crippen LogP contribution in [0.5, 0.6) is 11.6 Å². The van der Waals surface area contributed by atoms with Crippen LogP contribution in [0, 0.1) is 17.6 Å². The van der Waals surface area contributed by atoms with Crippen molar-refractivity contribution in [1.82, 2.24) is 4.98 Å². The molecule has 1 fully saturated rings. The maximum absolute atomic E-state index is 14.4. The summed E-state index contributed by atoms with van der Waals surface area (Å²) in [4.78, 5) is 26.4. The minimum atomic E-state index is -4.87. The van der Waals surface area contributed by atoms with Crippen molar-refractivity contribution in [3.8, 4) is 11.6 Å². The highest BCUT2D eigenvalue weighted by molar-refractivity contribution is 7.45. The van der Waals surface area contributed by atoms with Crippen LogP contribution in [0.25, 0.3) is 0 Å². The molecule has 186 valence electrons. The number of benzene rings is 1. The minimum Gasteiger partial charge on any atom is -0.493 e. The number of amides is 1. The van der Waals surface area contributed by atoms with Gasteiger partial charge in [-0.2, -0.15) is 17.6 Å². The second-order valence-corrected chi connectivity index (χ2v) is 8.98. The fourth-order valence-electron chi connectivity index (χ4n) is 3.93. The topological polar surface area (TPSA) is 89.9 Å². The molecular weight excluding hydrogens is 486 g/mol. The predicted octanol–water partition coefficient (Wildman–Crippen LogP) is 4.76. The molecule has 1 amide bonds. The lowest BCUT2D eigenvalue weighted by atomic mass is 9.77. The van der Waals surface area contributed by atoms with Crippen molar-refractivity contribution >= 4 is 20.0 Å². The quantitative estimate of drug-likeness (QED) is 0.432. The number of carbonyl (C=O) groups is 1. The van der Waals surface area contributed by atoms with E-state index >= 15 is 0 Å². The summed E-state index contributed by atoms with van der Waals surface area (Å²) in [7, 11) is -0.760. The zero-order chi connectivity index (χ0) is 25.4. The number of nitrogens with zero attached hydrogens (tertiary/aromatic N) is 1. The molecule has 5 atom stereocenters. The first-order valence-corrected chi connectivity index (χ1v) is 11.6. The zero-order valence-electron chi connectivity index (χ0n) is 18.5. The zero-order valence-corrected chi connectivity index (χ0v) is 19.4. The molecule has 0 spiro atoms. The number of carbonyl (C=O) groups excluding carboxylic acids is 1. The molecule has 3 rings (SSSR count). The van der Waals surface area contributed by atoms with Gasteiger partial charge in [-0.3, -0.25) is 4.79 Å². The molecule has 1 saturated heterocycles. The standard InChI is InChI=1S/C21H22F5N2O5P/c1-10-15(12-5-6-13(22)16(23)17(12)31-3)18(32-20(10,2)21(24,25)26)19(29)28-11-7-8-27-14(9-11)33-34(4)30/h5-10,15,18,30H,1-4H3,(H,27,28,29)/t10-,15-,18+,20+,34?/m0/s1. The number of halogens is 5. The Morgan fingerprint density at radius 2 is 1.97 bits per heavy atom. The maximum atomic E-state index is 14.4. The Bertz CT molecular complexity index is 1070. The van der Waals surface area contributed by atoms with Gasteiger partial charge in [0.15, 0.2) is 17.2 Å². The molecule has 2 N–H and O–H groups in total. The number of rotatable bonds is 6. The van der Waals surface area contributed by atoms with Crippen LogP contribution in [-0.2, 0) is 9.53 Å². The molecule has 0 saturated carbocycles. The number of aromatic nitrogens is 1. The fourth-order valence-corrected chi connectivity index (χ4v) is 4.30. The van der Waals surface area contributed by atoms with Crippen molar-refractivity contribution < 1.29 is 45.6 Å². The molecule has 1 aliphatic rings. The van der Waals surface area contributed by atoms with Crippen LogP contribution in [-0.4, -0.2) is 47.4 Å². The van der Waals surface area contributed by atoms with E-state index in [-0.39, 0.29) is 17.1 Å². The van der Waals surface area contributed by atoms with Crippen LogP contribution in [0.1, 0.15) is 25.3 Å². The number of alkyl halides is 3. The maximum Gasteiger partial charge on any atom is 0.417 e. The summed E-state index contributed by atoms with van der Waals surface area (Å²) >= 11 is 0. The van der Waals surface area contributed by atoms with Crippen LogP contribution < -0.4 is 14.6 Å². The second kappa shape index (κ2) is 9.59. The van der Waals surface area contributed by atoms with Gasteiger partial charge in [0.2, 0.25) is 20.1 Å². The SMILES string of the molecule is COc1c([C@H]2[C@H](C(=O)Nc3ccnc(OP(C)O)c3)O[C@@](C)(C(F)(F)F)[C@H]2C)ccc(F)c1F. The van der Waals surface area contributed by atoms with Crippen molar-refractivity contribution in [3.05, 3.63) is 47.7 Å². The lowest BCUT2D eigenvalue weighted by Crippen LogP contribution is -2.47. The van der Waals surface area contributed by atoms with Crippen molar-refractivity contribution in [2.45, 2.75) is 37.6 Å². The van der Waals surface area contributed by atoms with E-state index in [2.05, 4.69) is 10.3 Å². The van der Waals surface area contributed by atoms with Crippen molar-refractivity contribution in [2.24, 2.45) is 5.92 Å². The Balaban J connectivity index is 2.03. The molecular formula is C21H22F5N2O5P. The van der Waals surface area contributed by atoms with Gasteiger partial charge in [-0.05, 0) is 19.1 Å². The van der Waals surface area contributed by atoms with E-state index in [0.717, 1.165) is 26.2 Å². The van der Waals surface area contributed by atoms with Gasteiger partial charge < -0.3 is 24.2 Å². The third-order valence-electron chi connectivity index (χ3n) is 5.80. The molecule has 2 aromatic rings. The molecule has 1 aromatic heterocycles. The van der Waals surface area contributed by atoms with E-state index in [9.17, 15) is 31.6 Å². The normalized spacial score (nSPS) is 25.6. The smallest absolute Gasteiger partial charge is 0.417 e. The lowest BCUT2D eigenvalue weighted by molar-refractivity contribution is -0.272. The average Bonchev–Trinajstić information content (AvgIpc) is 3.02. The third kappa shape index (κ3) is 4.80. The van der Waals surface area contributed by atoms with Crippen LogP contribution in [0.4, 0.5) is 27.6 Å². The molecule has 34 heavy (non-hydrogen) atoms. The first-order valence-electron chi connectivity index (χ1n) is 9.94. The average molecular weight is 508 g/mol. The second-order valence-electron chi connectivity index (χ2n) is 7.87. The molecule has 0 aliphatic carbocycles. The number of hydrogen-bond donors (Lipinski definition) is 2. The number of ether oxygens (including phenoxy) is 2. The number of anilines is 1. The van der Waals surface area contributed by atoms with E-state index in [0.29, 0.717) is 0 Å². The highest BCUT2D eigenvalue weighted by Crippen LogP contribution is 2.55. The Kier molecular flexibility index (Phi) is 7.35. The van der Waals surface area contributed by atoms with Gasteiger partial charge in [-0.1, -0.05) is 13.0 Å². The van der Waals surface area contributed by atoms with Gasteiger partial charge in [0.25, 0.3) is 5.91 Å². The Morgan fingerprint density at radius 3 is 2.56 bits per heavy atom. The van der Waals surface area contributed by atoms with Gasteiger partial charge in [-0.15, -0.1) is 0 Å². The summed E-state index contributed by atoms with van der Waals surface area (Å²) in [5, 5.41) is 2.44. The van der Waals surface area contributed by atoms with Gasteiger partial charge in [0.05, 0.1) is 7.11 Å². The van der Waals surface area contributed by atoms with Gasteiger partial charge >= 0.3 is 6.18 Å². The summed E-state index contributed by atoms with van der Waals surface area (Å²) in [5.74, 6) is -6.95. The highest BCUT2D eigenvalue weighted by Gasteiger charge is 2.65. The number of methoxy groups -OCH3 is 1. The largest absolute Gasteiger partial charge is 0.493 e. The highest BCUT2D eigenvalue weighted by atomic mass is 31.2. The van der Waals surface area contributed by atoms with E-state index in [1.165, 1.54) is 31.9 Å². The van der Waals surface area contributed by atoms with E-state index in [1.54, 1.807) is 0 Å². The Hall–Kier alpha value is -2.56. The van der Waals surface area contributed by atoms with E-state index in [4.69, 9.17) is 14.0 Å². The number of nitrogens with one attached hydrogen (secondary N) is 1. The summed E-state index contributed by atoms with van der Waals surface area (Å²) in [6.07, 6.45) is -5.35. The minimum absolute atomic E-state index is 0.0198. The monoisotopic (exact) mass is 508 g/mol. The van der Waals surface area contributed by atoms with E-state index in [1.807, 2.05) is 0 Å². The molecule has 7 nitrogen and oxygen atoms in total. The lowest BCUT2D eigenvalue weighted by Gasteiger charge is -2.32. The third-order valence-corrected chi connectivity index (χ3v) is 6.25. The van der Waals surface area contributed by atoms with Crippen LogP contribution in [0.2, 0.25) is 0 Å². The predicted molar refractivity (Wildman–Crippen MR) is 113 cm³/mol. The first kappa shape index (κ1) is 26.1.